The molecule has 1 aromatic heterocycles. The summed E-state index contributed by atoms with van der Waals surface area (Å²) in [6.07, 6.45) is 3.60. The van der Waals surface area contributed by atoms with Crippen LogP contribution >= 0.6 is 0 Å². The van der Waals surface area contributed by atoms with Crippen LogP contribution in [0.1, 0.15) is 29.8 Å². The van der Waals surface area contributed by atoms with Crippen molar-refractivity contribution in [2.45, 2.75) is 20.8 Å². The zero-order valence-electron chi connectivity index (χ0n) is 10.7. The van der Waals surface area contributed by atoms with Crippen molar-refractivity contribution >= 4 is 16.7 Å². The van der Waals surface area contributed by atoms with E-state index in [9.17, 15) is 4.79 Å². The lowest BCUT2D eigenvalue weighted by atomic mass is 10.1. The van der Waals surface area contributed by atoms with E-state index >= 15 is 0 Å². The summed E-state index contributed by atoms with van der Waals surface area (Å²) in [6.45, 7) is 5.99. The summed E-state index contributed by atoms with van der Waals surface area (Å²) in [5.41, 5.74) is 1.76. The number of aryl methyl sites for hydroxylation is 1. The van der Waals surface area contributed by atoms with Crippen molar-refractivity contribution in [2.24, 2.45) is 0 Å². The summed E-state index contributed by atoms with van der Waals surface area (Å²) in [6, 6.07) is 5.62. The fraction of sp³-hybridized carbons (Fsp3) is 0.286. The topological polar surface area (TPSA) is 42.0 Å². The second-order valence-electron chi connectivity index (χ2n) is 3.47. The quantitative estimate of drug-likeness (QED) is 0.818. The normalized spacial score (nSPS) is 9.41. The Kier molecular flexibility index (Phi) is 4.64. The van der Waals surface area contributed by atoms with E-state index in [-0.39, 0.29) is 5.91 Å². The van der Waals surface area contributed by atoms with Crippen LogP contribution in [-0.2, 0) is 0 Å². The van der Waals surface area contributed by atoms with E-state index in [4.69, 9.17) is 0 Å². The van der Waals surface area contributed by atoms with E-state index in [0.29, 0.717) is 5.56 Å². The first-order chi connectivity index (χ1) is 8.22. The number of rotatable bonds is 1. The van der Waals surface area contributed by atoms with Gasteiger partial charge in [-0.15, -0.1) is 0 Å². The van der Waals surface area contributed by atoms with Crippen LogP contribution in [0.15, 0.2) is 30.6 Å². The Morgan fingerprint density at radius 3 is 2.59 bits per heavy atom. The number of pyridine rings is 1. The van der Waals surface area contributed by atoms with Crippen LogP contribution in [0.3, 0.4) is 0 Å². The van der Waals surface area contributed by atoms with Crippen molar-refractivity contribution in [3.05, 3.63) is 41.7 Å². The molecule has 0 saturated heterocycles. The maximum Gasteiger partial charge on any atom is 0.251 e. The molecule has 0 aliphatic rings. The third-order valence-electron chi connectivity index (χ3n) is 2.45. The highest BCUT2D eigenvalue weighted by molar-refractivity contribution is 5.98. The molecule has 1 heterocycles. The zero-order chi connectivity index (χ0) is 12.8. The minimum absolute atomic E-state index is 0.0619. The average molecular weight is 230 g/mol. The number of carbonyl (C=O) groups is 1. The van der Waals surface area contributed by atoms with Crippen molar-refractivity contribution < 1.29 is 4.79 Å². The van der Waals surface area contributed by atoms with Gasteiger partial charge in [0.05, 0.1) is 0 Å². The zero-order valence-corrected chi connectivity index (χ0v) is 10.7. The Bertz CT molecular complexity index is 521. The number of hydrogen-bond acceptors (Lipinski definition) is 2. The van der Waals surface area contributed by atoms with Gasteiger partial charge in [0, 0.05) is 30.4 Å². The van der Waals surface area contributed by atoms with Crippen molar-refractivity contribution in [3.8, 4) is 0 Å². The fourth-order valence-electron chi connectivity index (χ4n) is 1.59. The average Bonchev–Trinajstić information content (AvgIpc) is 2.40. The van der Waals surface area contributed by atoms with Crippen LogP contribution in [0.2, 0.25) is 0 Å². The van der Waals surface area contributed by atoms with Crippen LogP contribution in [0.25, 0.3) is 10.8 Å². The molecule has 0 radical (unpaired) electrons. The first-order valence-electron chi connectivity index (χ1n) is 5.79. The highest BCUT2D eigenvalue weighted by atomic mass is 16.1. The third-order valence-corrected chi connectivity index (χ3v) is 2.45. The van der Waals surface area contributed by atoms with Gasteiger partial charge in [-0.2, -0.15) is 0 Å². The van der Waals surface area contributed by atoms with Gasteiger partial charge in [0.1, 0.15) is 0 Å². The van der Waals surface area contributed by atoms with Gasteiger partial charge in [-0.1, -0.05) is 19.9 Å². The van der Waals surface area contributed by atoms with Crippen molar-refractivity contribution in [1.82, 2.24) is 10.3 Å². The number of carbonyl (C=O) groups excluding carboxylic acids is 1. The molecule has 0 unspecified atom stereocenters. The summed E-state index contributed by atoms with van der Waals surface area (Å²) >= 11 is 0. The lowest BCUT2D eigenvalue weighted by molar-refractivity contribution is 0.0963. The second-order valence-corrected chi connectivity index (χ2v) is 3.47. The lowest BCUT2D eigenvalue weighted by Gasteiger charge is -2.04. The summed E-state index contributed by atoms with van der Waals surface area (Å²) in [5.74, 6) is -0.0619. The summed E-state index contributed by atoms with van der Waals surface area (Å²) in [4.78, 5) is 15.5. The molecule has 1 amide bonds. The monoisotopic (exact) mass is 230 g/mol. The van der Waals surface area contributed by atoms with Crippen molar-refractivity contribution in [1.29, 1.82) is 0 Å². The summed E-state index contributed by atoms with van der Waals surface area (Å²) in [5, 5.41) is 4.74. The third kappa shape index (κ3) is 2.81. The van der Waals surface area contributed by atoms with Gasteiger partial charge in [-0.25, -0.2) is 0 Å². The minimum atomic E-state index is -0.0619. The number of hydrogen-bond donors (Lipinski definition) is 1. The number of benzene rings is 1. The Balaban J connectivity index is 0.000000686. The fourth-order valence-corrected chi connectivity index (χ4v) is 1.59. The van der Waals surface area contributed by atoms with E-state index in [1.54, 1.807) is 19.4 Å². The molecular weight excluding hydrogens is 212 g/mol. The predicted molar refractivity (Wildman–Crippen MR) is 71.2 cm³/mol. The van der Waals surface area contributed by atoms with E-state index < -0.39 is 0 Å². The molecule has 0 bridgehead atoms. The highest BCUT2D eigenvalue weighted by Crippen LogP contribution is 2.18. The van der Waals surface area contributed by atoms with Crippen molar-refractivity contribution in [3.63, 3.8) is 0 Å². The van der Waals surface area contributed by atoms with Gasteiger partial charge in [0.25, 0.3) is 5.91 Å². The van der Waals surface area contributed by atoms with E-state index in [2.05, 4.69) is 10.3 Å². The number of nitrogens with zero attached hydrogens (tertiary/aromatic N) is 1. The molecular formula is C14H18N2O. The van der Waals surface area contributed by atoms with Gasteiger partial charge >= 0.3 is 0 Å². The van der Waals surface area contributed by atoms with Crippen LogP contribution in [0.5, 0.6) is 0 Å². The molecule has 1 N–H and O–H groups in total. The van der Waals surface area contributed by atoms with E-state index in [0.717, 1.165) is 16.3 Å². The Labute approximate surface area is 102 Å². The smallest absolute Gasteiger partial charge is 0.251 e. The highest BCUT2D eigenvalue weighted by Gasteiger charge is 2.04. The van der Waals surface area contributed by atoms with Crippen LogP contribution in [0, 0.1) is 6.92 Å². The first-order valence-corrected chi connectivity index (χ1v) is 5.79. The SMILES string of the molecule is CC.CNC(=O)c1ccc2cncc(C)c2c1. The number of fused-ring (bicyclic) bond motifs is 1. The van der Waals surface area contributed by atoms with Gasteiger partial charge < -0.3 is 5.32 Å². The minimum Gasteiger partial charge on any atom is -0.355 e. The molecule has 3 heteroatoms. The Morgan fingerprint density at radius 2 is 1.94 bits per heavy atom. The van der Waals surface area contributed by atoms with E-state index in [1.807, 2.05) is 39.0 Å². The summed E-state index contributed by atoms with van der Waals surface area (Å²) in [7, 11) is 1.63. The predicted octanol–water partition coefficient (Wildman–Crippen LogP) is 2.93. The lowest BCUT2D eigenvalue weighted by Crippen LogP contribution is -2.17. The standard InChI is InChI=1S/C12H12N2O.C2H6/c1-8-6-14-7-10-4-3-9(5-11(8)10)12(15)13-2;1-2/h3-7H,1-2H3,(H,13,15);1-2H3. The van der Waals surface area contributed by atoms with Crippen LogP contribution in [0.4, 0.5) is 0 Å². The molecule has 1 aromatic carbocycles. The van der Waals surface area contributed by atoms with Gasteiger partial charge in [0.15, 0.2) is 0 Å². The van der Waals surface area contributed by atoms with Gasteiger partial charge in [-0.3, -0.25) is 9.78 Å². The molecule has 0 fully saturated rings. The largest absolute Gasteiger partial charge is 0.355 e. The Hall–Kier alpha value is -1.90. The molecule has 0 spiro atoms. The molecule has 0 aliphatic carbocycles. The number of aromatic nitrogens is 1. The molecule has 2 rings (SSSR count). The molecule has 0 atom stereocenters. The molecule has 0 saturated carbocycles. The van der Waals surface area contributed by atoms with Gasteiger partial charge in [-0.05, 0) is 30.0 Å². The molecule has 90 valence electrons. The molecule has 17 heavy (non-hydrogen) atoms. The molecule has 2 aromatic rings. The number of nitrogens with one attached hydrogen (secondary N) is 1. The Morgan fingerprint density at radius 1 is 1.24 bits per heavy atom. The van der Waals surface area contributed by atoms with Gasteiger partial charge in [0.2, 0.25) is 0 Å². The van der Waals surface area contributed by atoms with Crippen LogP contribution < -0.4 is 5.32 Å². The molecule has 3 nitrogen and oxygen atoms in total. The first kappa shape index (κ1) is 13.2. The van der Waals surface area contributed by atoms with Crippen molar-refractivity contribution in [2.75, 3.05) is 7.05 Å². The summed E-state index contributed by atoms with van der Waals surface area (Å²) < 4.78 is 0. The maximum absolute atomic E-state index is 11.4. The maximum atomic E-state index is 11.4. The number of amides is 1. The molecule has 0 aliphatic heterocycles. The second kappa shape index (κ2) is 5.99. The van der Waals surface area contributed by atoms with E-state index in [1.165, 1.54) is 0 Å². The van der Waals surface area contributed by atoms with Crippen LogP contribution in [-0.4, -0.2) is 17.9 Å².